The molecule has 4 nitrogen and oxygen atoms in total. The van der Waals surface area contributed by atoms with Gasteiger partial charge in [0.2, 0.25) is 0 Å². The van der Waals surface area contributed by atoms with Gasteiger partial charge in [0.25, 0.3) is 0 Å². The molecule has 0 bridgehead atoms. The molecule has 0 aromatic heterocycles. The summed E-state index contributed by atoms with van der Waals surface area (Å²) in [7, 11) is 3.21. The van der Waals surface area contributed by atoms with Gasteiger partial charge in [0.1, 0.15) is 0 Å². The van der Waals surface area contributed by atoms with E-state index in [1.54, 1.807) is 14.2 Å². The predicted octanol–water partition coefficient (Wildman–Crippen LogP) is 3.85. The first-order valence-corrected chi connectivity index (χ1v) is 4.89. The minimum atomic E-state index is -0.273. The van der Waals surface area contributed by atoms with Crippen molar-refractivity contribution < 1.29 is 19.7 Å². The van der Waals surface area contributed by atoms with E-state index in [9.17, 15) is 0 Å². The Hall–Kier alpha value is -0.160. The van der Waals surface area contributed by atoms with Gasteiger partial charge in [-0.3, -0.25) is 0 Å². The Kier molecular flexibility index (Phi) is 81.2. The smallest absolute Gasteiger partial charge is 0.0770 e. The maximum absolute atomic E-state index is 8.73. The van der Waals surface area contributed by atoms with E-state index < -0.39 is 0 Å². The highest BCUT2D eigenvalue weighted by atomic mass is 16.5. The average Bonchev–Trinajstić information content (AvgIpc) is 2.19. The zero-order chi connectivity index (χ0) is 11.4. The van der Waals surface area contributed by atoms with Crippen LogP contribution in [0.4, 0.5) is 0 Å². The Labute approximate surface area is 124 Å². The van der Waals surface area contributed by atoms with Gasteiger partial charge in [-0.1, -0.05) is 51.0 Å². The number of hydrogen-bond donors (Lipinski definition) is 2. The van der Waals surface area contributed by atoms with Gasteiger partial charge in [-0.25, -0.2) is 0 Å². The second-order valence-electron chi connectivity index (χ2n) is 3.26. The van der Waals surface area contributed by atoms with Crippen LogP contribution in [0.3, 0.4) is 0 Å². The molecular weight excluding hydrogens is 244 g/mol. The van der Waals surface area contributed by atoms with Gasteiger partial charge in [0, 0.05) is 26.7 Å². The van der Waals surface area contributed by atoms with Crippen LogP contribution in [0.5, 0.6) is 0 Å². The number of aliphatic hydroxyl groups is 2. The summed E-state index contributed by atoms with van der Waals surface area (Å²) in [4.78, 5) is 0. The minimum absolute atomic E-state index is 0. The van der Waals surface area contributed by atoms with Gasteiger partial charge in [0.05, 0.1) is 19.3 Å². The summed E-state index contributed by atoms with van der Waals surface area (Å²) in [6, 6.07) is 0. The van der Waals surface area contributed by atoms with Crippen molar-refractivity contribution in [2.75, 3.05) is 34.0 Å². The van der Waals surface area contributed by atoms with Gasteiger partial charge in [-0.15, -0.1) is 0 Å². The van der Waals surface area contributed by atoms with Gasteiger partial charge in [0.15, 0.2) is 0 Å². The van der Waals surface area contributed by atoms with E-state index in [2.05, 4.69) is 4.74 Å². The molecule has 2 atom stereocenters. The van der Waals surface area contributed by atoms with E-state index in [0.29, 0.717) is 13.2 Å². The molecule has 0 heterocycles. The van der Waals surface area contributed by atoms with Crippen molar-refractivity contribution in [2.24, 2.45) is 5.92 Å². The molecule has 128 valence electrons. The number of rotatable bonds is 6. The second-order valence-corrected chi connectivity index (χ2v) is 3.26. The van der Waals surface area contributed by atoms with Crippen LogP contribution in [0, 0.1) is 5.92 Å². The Balaban J connectivity index is -0.0000000240. The third kappa shape index (κ3) is 46.2. The molecule has 0 spiro atoms. The number of hydrogen-bond acceptors (Lipinski definition) is 4. The lowest BCUT2D eigenvalue weighted by atomic mass is 10.2. The summed E-state index contributed by atoms with van der Waals surface area (Å²) >= 11 is 0. The summed E-state index contributed by atoms with van der Waals surface area (Å²) in [6.45, 7) is 5.17. The first kappa shape index (κ1) is 42.8. The third-order valence-electron chi connectivity index (χ3n) is 1.59. The van der Waals surface area contributed by atoms with Crippen molar-refractivity contribution in [1.82, 2.24) is 0 Å². The Morgan fingerprint density at radius 3 is 1.37 bits per heavy atom. The zero-order valence-corrected chi connectivity index (χ0v) is 9.69. The summed E-state index contributed by atoms with van der Waals surface area (Å²) in [5.74, 6) is 0.282. The third-order valence-corrected chi connectivity index (χ3v) is 1.59. The highest BCUT2D eigenvalue weighted by molar-refractivity contribution is 4.45. The number of aliphatic hydroxyl groups excluding tert-OH is 2. The lowest BCUT2D eigenvalue weighted by Gasteiger charge is -2.02. The molecule has 0 aromatic carbocycles. The zero-order valence-electron chi connectivity index (χ0n) is 9.69. The normalized spacial score (nSPS) is 10.4. The Morgan fingerprint density at radius 2 is 1.26 bits per heavy atom. The lowest BCUT2D eigenvalue weighted by molar-refractivity contribution is 0.0625. The highest BCUT2D eigenvalue weighted by Crippen LogP contribution is 1.89. The molecule has 0 rings (SSSR count). The van der Waals surface area contributed by atoms with Crippen LogP contribution in [0.25, 0.3) is 0 Å². The monoisotopic (exact) mass is 288 g/mol. The van der Waals surface area contributed by atoms with Gasteiger partial charge < -0.3 is 19.7 Å². The fourth-order valence-electron chi connectivity index (χ4n) is 0.647. The molecule has 0 amide bonds. The SMILES string of the molecule is C.C.C.C.C.CCC(O)COC.COCC(C)CO. The van der Waals surface area contributed by atoms with E-state index in [-0.39, 0.29) is 55.8 Å². The topological polar surface area (TPSA) is 58.9 Å². The van der Waals surface area contributed by atoms with E-state index in [0.717, 1.165) is 6.42 Å². The fourth-order valence-corrected chi connectivity index (χ4v) is 0.647. The molecule has 0 aliphatic rings. The first-order valence-electron chi connectivity index (χ1n) is 4.89. The molecule has 2 unspecified atom stereocenters. The van der Waals surface area contributed by atoms with E-state index in [1.165, 1.54) is 0 Å². The second kappa shape index (κ2) is 36.1. The number of ether oxygens (including phenoxy) is 2. The average molecular weight is 289 g/mol. The summed E-state index contributed by atoms with van der Waals surface area (Å²) in [5.41, 5.74) is 0. The molecule has 19 heavy (non-hydrogen) atoms. The van der Waals surface area contributed by atoms with Crippen LogP contribution in [0.15, 0.2) is 0 Å². The van der Waals surface area contributed by atoms with E-state index in [4.69, 9.17) is 14.9 Å². The van der Waals surface area contributed by atoms with Gasteiger partial charge >= 0.3 is 0 Å². The molecule has 0 radical (unpaired) electrons. The van der Waals surface area contributed by atoms with Gasteiger partial charge in [-0.2, -0.15) is 0 Å². The van der Waals surface area contributed by atoms with Crippen molar-refractivity contribution in [2.45, 2.75) is 63.5 Å². The lowest BCUT2D eigenvalue weighted by Crippen LogP contribution is -2.11. The van der Waals surface area contributed by atoms with Crippen LogP contribution in [-0.4, -0.2) is 50.4 Å². The van der Waals surface area contributed by atoms with E-state index >= 15 is 0 Å². The van der Waals surface area contributed by atoms with E-state index in [1.807, 2.05) is 13.8 Å². The van der Waals surface area contributed by atoms with Gasteiger partial charge in [-0.05, 0) is 6.42 Å². The summed E-state index contributed by atoms with van der Waals surface area (Å²) in [5, 5.41) is 17.1. The Morgan fingerprint density at radius 1 is 0.895 bits per heavy atom. The van der Waals surface area contributed by atoms with Crippen LogP contribution in [0.1, 0.15) is 57.4 Å². The van der Waals surface area contributed by atoms with Crippen LogP contribution >= 0.6 is 0 Å². The summed E-state index contributed by atoms with van der Waals surface area (Å²) < 4.78 is 9.38. The summed E-state index contributed by atoms with van der Waals surface area (Å²) in [6.07, 6.45) is 0.499. The van der Waals surface area contributed by atoms with Crippen LogP contribution in [-0.2, 0) is 9.47 Å². The molecule has 0 fully saturated rings. The minimum Gasteiger partial charge on any atom is -0.396 e. The Bertz CT molecular complexity index is 88.1. The predicted molar refractivity (Wildman–Crippen MR) is 90.0 cm³/mol. The van der Waals surface area contributed by atoms with Crippen molar-refractivity contribution in [3.05, 3.63) is 0 Å². The number of methoxy groups -OCH3 is 2. The largest absolute Gasteiger partial charge is 0.396 e. The van der Waals surface area contributed by atoms with Crippen molar-refractivity contribution >= 4 is 0 Å². The molecule has 0 aliphatic heterocycles. The quantitative estimate of drug-likeness (QED) is 0.779. The molecule has 0 saturated carbocycles. The van der Waals surface area contributed by atoms with Crippen molar-refractivity contribution in [3.8, 4) is 0 Å². The standard InChI is InChI=1S/2C5H12O2.5CH4/c1-5(3-6)4-7-2;1-3-5(6)4-7-2;;;;;/h2*5-6H,3-4H2,1-2H3;5*1H4. The molecule has 2 N–H and O–H groups in total. The molecular formula is C15H44O4. The first-order chi connectivity index (χ1) is 6.62. The maximum atomic E-state index is 8.73. The molecule has 0 saturated heterocycles. The van der Waals surface area contributed by atoms with Crippen LogP contribution < -0.4 is 0 Å². The van der Waals surface area contributed by atoms with Crippen molar-refractivity contribution in [1.29, 1.82) is 0 Å². The molecule has 4 heteroatoms. The molecule has 0 aliphatic carbocycles. The molecule has 0 aromatic rings. The highest BCUT2D eigenvalue weighted by Gasteiger charge is 1.95. The van der Waals surface area contributed by atoms with Crippen molar-refractivity contribution in [3.63, 3.8) is 0 Å². The fraction of sp³-hybridized carbons (Fsp3) is 1.00. The van der Waals surface area contributed by atoms with Crippen LogP contribution in [0.2, 0.25) is 0 Å². The maximum Gasteiger partial charge on any atom is 0.0770 e.